The molecule has 0 radical (unpaired) electrons. The van der Waals surface area contributed by atoms with Crippen LogP contribution in [-0.2, 0) is 0 Å². The predicted octanol–water partition coefficient (Wildman–Crippen LogP) is 3.02. The highest BCUT2D eigenvalue weighted by atomic mass is 16.5. The van der Waals surface area contributed by atoms with Crippen LogP contribution in [0.3, 0.4) is 0 Å². The van der Waals surface area contributed by atoms with Gasteiger partial charge in [0.15, 0.2) is 5.43 Å². The third kappa shape index (κ3) is 4.20. The predicted molar refractivity (Wildman–Crippen MR) is 101 cm³/mol. The lowest BCUT2D eigenvalue weighted by Crippen LogP contribution is -2.12. The number of benzene rings is 2. The van der Waals surface area contributed by atoms with Crippen molar-refractivity contribution in [2.75, 3.05) is 32.2 Å². The number of rotatable bonds is 7. The Morgan fingerprint density at radius 1 is 1.07 bits per heavy atom. The maximum absolute atomic E-state index is 12.2. The lowest BCUT2D eigenvalue weighted by atomic mass is 10.2. The SMILES string of the molecule is CN(C)c1cccc(OCCOc2cccc3oc(C(=O)O)cc(=O)c23)c1. The van der Waals surface area contributed by atoms with Gasteiger partial charge in [0.25, 0.3) is 0 Å². The maximum Gasteiger partial charge on any atom is 0.371 e. The summed E-state index contributed by atoms with van der Waals surface area (Å²) in [5.74, 6) is -0.667. The largest absolute Gasteiger partial charge is 0.490 e. The summed E-state index contributed by atoms with van der Waals surface area (Å²) in [6.45, 7) is 0.497. The molecule has 1 N–H and O–H groups in total. The second kappa shape index (κ2) is 7.82. The number of hydrogen-bond acceptors (Lipinski definition) is 6. The van der Waals surface area contributed by atoms with Crippen molar-refractivity contribution in [3.63, 3.8) is 0 Å². The van der Waals surface area contributed by atoms with E-state index in [1.165, 1.54) is 6.07 Å². The summed E-state index contributed by atoms with van der Waals surface area (Å²) in [5, 5.41) is 9.20. The lowest BCUT2D eigenvalue weighted by molar-refractivity contribution is 0.0663. The number of anilines is 1. The molecule has 0 amide bonds. The Labute approximate surface area is 155 Å². The Balaban J connectivity index is 1.70. The second-order valence-electron chi connectivity index (χ2n) is 6.00. The van der Waals surface area contributed by atoms with E-state index >= 15 is 0 Å². The molecule has 2 aromatic carbocycles. The first-order valence-electron chi connectivity index (χ1n) is 8.29. The first kappa shape index (κ1) is 18.3. The topological polar surface area (TPSA) is 89.2 Å². The molecule has 3 rings (SSSR count). The smallest absolute Gasteiger partial charge is 0.371 e. The minimum absolute atomic E-state index is 0.164. The Hall–Kier alpha value is -3.48. The van der Waals surface area contributed by atoms with Crippen molar-refractivity contribution >= 4 is 22.6 Å². The van der Waals surface area contributed by atoms with E-state index in [9.17, 15) is 9.59 Å². The minimum Gasteiger partial charge on any atom is -0.490 e. The summed E-state index contributed by atoms with van der Waals surface area (Å²) in [6.07, 6.45) is 0. The molecule has 0 saturated carbocycles. The maximum atomic E-state index is 12.2. The summed E-state index contributed by atoms with van der Waals surface area (Å²) in [7, 11) is 3.90. The fraction of sp³-hybridized carbons (Fsp3) is 0.200. The molecule has 7 nitrogen and oxygen atoms in total. The molecule has 140 valence electrons. The van der Waals surface area contributed by atoms with E-state index in [4.69, 9.17) is 19.0 Å². The van der Waals surface area contributed by atoms with E-state index in [-0.39, 0.29) is 24.2 Å². The standard InChI is InChI=1S/C20H19NO6/c1-21(2)13-5-3-6-14(11-13)25-9-10-26-16-7-4-8-17-19(16)15(22)12-18(27-17)20(23)24/h3-8,11-12H,9-10H2,1-2H3,(H,23,24). The number of nitrogens with zero attached hydrogens (tertiary/aromatic N) is 1. The van der Waals surface area contributed by atoms with E-state index in [1.807, 2.05) is 43.3 Å². The monoisotopic (exact) mass is 369 g/mol. The molecule has 0 unspecified atom stereocenters. The summed E-state index contributed by atoms with van der Waals surface area (Å²) >= 11 is 0. The molecule has 27 heavy (non-hydrogen) atoms. The Morgan fingerprint density at radius 3 is 2.56 bits per heavy atom. The molecular formula is C20H19NO6. The highest BCUT2D eigenvalue weighted by molar-refractivity contribution is 5.89. The van der Waals surface area contributed by atoms with Crippen molar-refractivity contribution in [1.82, 2.24) is 0 Å². The highest BCUT2D eigenvalue weighted by Crippen LogP contribution is 2.24. The van der Waals surface area contributed by atoms with Crippen LogP contribution in [0.15, 0.2) is 57.7 Å². The van der Waals surface area contributed by atoms with Crippen molar-refractivity contribution in [2.45, 2.75) is 0 Å². The first-order valence-corrected chi connectivity index (χ1v) is 8.29. The van der Waals surface area contributed by atoms with Crippen LogP contribution >= 0.6 is 0 Å². The zero-order valence-electron chi connectivity index (χ0n) is 15.0. The summed E-state index contributed by atoms with van der Waals surface area (Å²) in [6, 6.07) is 13.4. The molecule has 7 heteroatoms. The van der Waals surface area contributed by atoms with Crippen LogP contribution in [0.1, 0.15) is 10.6 Å². The van der Waals surface area contributed by atoms with Crippen molar-refractivity contribution in [3.05, 3.63) is 64.5 Å². The van der Waals surface area contributed by atoms with Gasteiger partial charge in [-0.25, -0.2) is 4.79 Å². The molecule has 0 bridgehead atoms. The third-order valence-electron chi connectivity index (χ3n) is 3.87. The average Bonchev–Trinajstić information content (AvgIpc) is 2.65. The molecule has 0 spiro atoms. The van der Waals surface area contributed by atoms with Gasteiger partial charge in [-0.2, -0.15) is 0 Å². The molecule has 3 aromatic rings. The van der Waals surface area contributed by atoms with Crippen LogP contribution < -0.4 is 19.8 Å². The van der Waals surface area contributed by atoms with Crippen LogP contribution in [0, 0.1) is 0 Å². The Kier molecular flexibility index (Phi) is 5.30. The van der Waals surface area contributed by atoms with Crippen LogP contribution in [0.2, 0.25) is 0 Å². The van der Waals surface area contributed by atoms with Gasteiger partial charge in [0.2, 0.25) is 5.76 Å². The number of carboxylic acid groups (broad SMARTS) is 1. The van der Waals surface area contributed by atoms with Crippen molar-refractivity contribution in [3.8, 4) is 11.5 Å². The van der Waals surface area contributed by atoms with Gasteiger partial charge in [-0.1, -0.05) is 12.1 Å². The second-order valence-corrected chi connectivity index (χ2v) is 6.00. The average molecular weight is 369 g/mol. The number of aromatic carboxylic acids is 1. The Bertz CT molecular complexity index is 1020. The van der Waals surface area contributed by atoms with Crippen LogP contribution in [0.25, 0.3) is 11.0 Å². The molecule has 1 heterocycles. The fourth-order valence-corrected chi connectivity index (χ4v) is 2.57. The van der Waals surface area contributed by atoms with Crippen LogP contribution in [-0.4, -0.2) is 38.4 Å². The van der Waals surface area contributed by atoms with Gasteiger partial charge in [-0.15, -0.1) is 0 Å². The molecular weight excluding hydrogens is 350 g/mol. The number of fused-ring (bicyclic) bond motifs is 1. The minimum atomic E-state index is -1.30. The summed E-state index contributed by atoms with van der Waals surface area (Å²) < 4.78 is 16.6. The van der Waals surface area contributed by atoms with Crippen LogP contribution in [0.5, 0.6) is 11.5 Å². The number of carboxylic acids is 1. The summed E-state index contributed by atoms with van der Waals surface area (Å²) in [5.41, 5.74) is 0.718. The number of hydrogen-bond donors (Lipinski definition) is 1. The third-order valence-corrected chi connectivity index (χ3v) is 3.87. The van der Waals surface area contributed by atoms with Gasteiger partial charge >= 0.3 is 5.97 Å². The fourth-order valence-electron chi connectivity index (χ4n) is 2.57. The van der Waals surface area contributed by atoms with Gasteiger partial charge in [-0.3, -0.25) is 4.79 Å². The number of ether oxygens (including phenoxy) is 2. The molecule has 0 fully saturated rings. The van der Waals surface area contributed by atoms with Gasteiger partial charge in [0.1, 0.15) is 35.7 Å². The van der Waals surface area contributed by atoms with E-state index in [0.717, 1.165) is 11.8 Å². The molecule has 0 aliphatic heterocycles. The molecule has 0 aliphatic carbocycles. The van der Waals surface area contributed by atoms with Gasteiger partial charge in [0.05, 0.1) is 0 Å². The molecule has 0 aliphatic rings. The van der Waals surface area contributed by atoms with Gasteiger partial charge in [-0.05, 0) is 24.3 Å². The molecule has 1 aromatic heterocycles. The summed E-state index contributed by atoms with van der Waals surface area (Å²) in [4.78, 5) is 25.2. The van der Waals surface area contributed by atoms with E-state index in [0.29, 0.717) is 11.5 Å². The zero-order chi connectivity index (χ0) is 19.4. The normalized spacial score (nSPS) is 10.6. The quantitative estimate of drug-likeness (QED) is 0.640. The first-order chi connectivity index (χ1) is 13.0. The van der Waals surface area contributed by atoms with Crippen molar-refractivity contribution in [1.29, 1.82) is 0 Å². The van der Waals surface area contributed by atoms with Crippen molar-refractivity contribution < 1.29 is 23.8 Å². The Morgan fingerprint density at radius 2 is 1.81 bits per heavy atom. The molecule has 0 saturated heterocycles. The number of carbonyl (C=O) groups is 1. The molecule has 0 atom stereocenters. The van der Waals surface area contributed by atoms with E-state index in [1.54, 1.807) is 12.1 Å². The highest BCUT2D eigenvalue weighted by Gasteiger charge is 2.14. The lowest BCUT2D eigenvalue weighted by Gasteiger charge is -2.14. The zero-order valence-corrected chi connectivity index (χ0v) is 15.0. The van der Waals surface area contributed by atoms with Crippen LogP contribution in [0.4, 0.5) is 5.69 Å². The van der Waals surface area contributed by atoms with E-state index < -0.39 is 17.2 Å². The van der Waals surface area contributed by atoms with Gasteiger partial charge in [0, 0.05) is 31.9 Å². The van der Waals surface area contributed by atoms with Gasteiger partial charge < -0.3 is 23.9 Å². The van der Waals surface area contributed by atoms with E-state index in [2.05, 4.69) is 0 Å². The van der Waals surface area contributed by atoms with Crippen molar-refractivity contribution in [2.24, 2.45) is 0 Å².